The number of thiocarbonyl (C=S) groups is 1. The van der Waals surface area contributed by atoms with Gasteiger partial charge in [0.05, 0.1) is 6.04 Å². The van der Waals surface area contributed by atoms with Crippen molar-refractivity contribution in [2.24, 2.45) is 5.92 Å². The van der Waals surface area contributed by atoms with Gasteiger partial charge < -0.3 is 10.1 Å². The van der Waals surface area contributed by atoms with E-state index >= 15 is 0 Å². The van der Waals surface area contributed by atoms with Crippen molar-refractivity contribution in [2.45, 2.75) is 19.9 Å². The van der Waals surface area contributed by atoms with Crippen LogP contribution in [0.25, 0.3) is 6.08 Å². The lowest BCUT2D eigenvalue weighted by Crippen LogP contribution is -2.42. The van der Waals surface area contributed by atoms with Gasteiger partial charge in [-0.05, 0) is 41.8 Å². The second-order valence-electron chi connectivity index (χ2n) is 6.38. The number of hydrogen-bond acceptors (Lipinski definition) is 4. The quantitative estimate of drug-likeness (QED) is 0.369. The summed E-state index contributed by atoms with van der Waals surface area (Å²) in [4.78, 5) is 12.4. The van der Waals surface area contributed by atoms with Gasteiger partial charge in [-0.15, -0.1) is 0 Å². The highest BCUT2D eigenvalue weighted by Gasteiger charge is 2.16. The smallest absolute Gasteiger partial charge is 0.244 e. The maximum absolute atomic E-state index is 12.2. The third kappa shape index (κ3) is 6.84. The molecule has 0 aliphatic rings. The summed E-state index contributed by atoms with van der Waals surface area (Å²) >= 11 is 4.96. The zero-order chi connectivity index (χ0) is 19.6. The van der Waals surface area contributed by atoms with Crippen molar-refractivity contribution in [3.63, 3.8) is 0 Å². The Morgan fingerprint density at radius 2 is 1.81 bits per heavy atom. The second-order valence-corrected chi connectivity index (χ2v) is 6.79. The number of hydrogen-bond donors (Lipinski definition) is 3. The third-order valence-corrected chi connectivity index (χ3v) is 4.33. The van der Waals surface area contributed by atoms with Gasteiger partial charge in [-0.2, -0.15) is 0 Å². The molecule has 0 heterocycles. The van der Waals surface area contributed by atoms with Crippen LogP contribution in [0.1, 0.15) is 25.0 Å². The molecule has 0 aromatic heterocycles. The van der Waals surface area contributed by atoms with Gasteiger partial charge in [-0.3, -0.25) is 15.5 Å². The molecular formula is C21H24N2O3S. The summed E-state index contributed by atoms with van der Waals surface area (Å²) in [6.07, 6.45) is 3.31. The lowest BCUT2D eigenvalue weighted by atomic mass is 10.1. The average molecular weight is 385 g/mol. The number of amides is 1. The second kappa shape index (κ2) is 10.4. The van der Waals surface area contributed by atoms with E-state index in [1.165, 1.54) is 6.08 Å². The van der Waals surface area contributed by atoms with E-state index in [2.05, 4.69) is 5.32 Å². The van der Waals surface area contributed by atoms with E-state index < -0.39 is 0 Å². The number of ether oxygens (including phenoxy) is 1. The highest BCUT2D eigenvalue weighted by Crippen LogP contribution is 2.14. The molecule has 0 aliphatic heterocycles. The van der Waals surface area contributed by atoms with Gasteiger partial charge in [-0.1, -0.05) is 56.4 Å². The summed E-state index contributed by atoms with van der Waals surface area (Å²) in [6, 6.07) is 16.6. The highest BCUT2D eigenvalue weighted by molar-refractivity contribution is 7.80. The van der Waals surface area contributed by atoms with Crippen molar-refractivity contribution in [3.05, 3.63) is 71.8 Å². The van der Waals surface area contributed by atoms with Gasteiger partial charge >= 0.3 is 0 Å². The van der Waals surface area contributed by atoms with E-state index in [4.69, 9.17) is 22.2 Å². The maximum atomic E-state index is 12.2. The first-order chi connectivity index (χ1) is 13.0. The molecule has 0 spiro atoms. The molecule has 0 fully saturated rings. The Hall–Kier alpha value is -2.70. The van der Waals surface area contributed by atoms with E-state index in [-0.39, 0.29) is 22.9 Å². The van der Waals surface area contributed by atoms with Crippen molar-refractivity contribution in [1.82, 2.24) is 10.8 Å². The number of benzene rings is 2. The average Bonchev–Trinajstić information content (AvgIpc) is 2.70. The summed E-state index contributed by atoms with van der Waals surface area (Å²) in [5.41, 5.74) is 3.61. The number of carbonyl (C=O) groups excluding carboxylic acids is 1. The molecule has 0 aliphatic carbocycles. The van der Waals surface area contributed by atoms with Crippen molar-refractivity contribution in [1.29, 1.82) is 0 Å². The first-order valence-electron chi connectivity index (χ1n) is 8.70. The summed E-state index contributed by atoms with van der Waals surface area (Å²) in [5.74, 6) is 0.722. The first-order valence-corrected chi connectivity index (χ1v) is 9.11. The summed E-state index contributed by atoms with van der Waals surface area (Å²) in [6.45, 7) is 4.41. The molecule has 0 unspecified atom stereocenters. The molecule has 0 saturated carbocycles. The van der Waals surface area contributed by atoms with E-state index in [1.54, 1.807) is 30.3 Å². The monoisotopic (exact) mass is 384 g/mol. The molecule has 3 N–H and O–H groups in total. The number of carbonyl (C=O) groups is 1. The molecular weight excluding hydrogens is 360 g/mol. The SMILES string of the molecule is CC(C)[C@@H](COc1ccc(C(=S)NO)cc1)NC(=O)/C=C/c1ccccc1. The Balaban J connectivity index is 1.90. The third-order valence-electron chi connectivity index (χ3n) is 4.01. The lowest BCUT2D eigenvalue weighted by Gasteiger charge is -2.22. The van der Waals surface area contributed by atoms with E-state index in [1.807, 2.05) is 49.7 Å². The molecule has 5 nitrogen and oxygen atoms in total. The van der Waals surface area contributed by atoms with Crippen LogP contribution >= 0.6 is 12.2 Å². The predicted octanol–water partition coefficient (Wildman–Crippen LogP) is 3.57. The Bertz CT molecular complexity index is 774. The van der Waals surface area contributed by atoms with E-state index in [9.17, 15) is 4.79 Å². The van der Waals surface area contributed by atoms with Crippen LogP contribution in [-0.4, -0.2) is 28.8 Å². The fourth-order valence-electron chi connectivity index (χ4n) is 2.32. The lowest BCUT2D eigenvalue weighted by molar-refractivity contribution is -0.117. The van der Waals surface area contributed by atoms with Crippen molar-refractivity contribution >= 4 is 29.2 Å². The largest absolute Gasteiger partial charge is 0.491 e. The molecule has 0 radical (unpaired) electrons. The zero-order valence-corrected chi connectivity index (χ0v) is 16.2. The zero-order valence-electron chi connectivity index (χ0n) is 15.4. The fraction of sp³-hybridized carbons (Fsp3) is 0.238. The first kappa shape index (κ1) is 20.6. The van der Waals surface area contributed by atoms with Gasteiger partial charge in [0.2, 0.25) is 5.91 Å². The Morgan fingerprint density at radius 1 is 1.15 bits per heavy atom. The molecule has 0 bridgehead atoms. The van der Waals surface area contributed by atoms with Crippen molar-refractivity contribution in [2.75, 3.05) is 6.61 Å². The Labute approximate surface area is 165 Å². The summed E-state index contributed by atoms with van der Waals surface area (Å²) in [7, 11) is 0. The van der Waals surface area contributed by atoms with Crippen LogP contribution in [0.5, 0.6) is 5.75 Å². The van der Waals surface area contributed by atoms with Gasteiger partial charge in [0.1, 0.15) is 17.3 Å². The molecule has 6 heteroatoms. The van der Waals surface area contributed by atoms with Crippen molar-refractivity contribution < 1.29 is 14.7 Å². The molecule has 2 aromatic carbocycles. The van der Waals surface area contributed by atoms with Crippen LogP contribution in [0, 0.1) is 5.92 Å². The Kier molecular flexibility index (Phi) is 7.98. The normalized spacial score (nSPS) is 12.0. The summed E-state index contributed by atoms with van der Waals surface area (Å²) in [5, 5.41) is 11.8. The van der Waals surface area contributed by atoms with Crippen LogP contribution in [0.4, 0.5) is 0 Å². The number of hydroxylamine groups is 1. The van der Waals surface area contributed by atoms with Crippen LogP contribution in [0.3, 0.4) is 0 Å². The molecule has 2 aromatic rings. The van der Waals surface area contributed by atoms with Crippen LogP contribution in [0.2, 0.25) is 0 Å². The minimum atomic E-state index is -0.157. The fourth-order valence-corrected chi connectivity index (χ4v) is 2.46. The van der Waals surface area contributed by atoms with Crippen LogP contribution in [-0.2, 0) is 4.79 Å². The number of nitrogens with one attached hydrogen (secondary N) is 2. The molecule has 27 heavy (non-hydrogen) atoms. The van der Waals surface area contributed by atoms with Crippen molar-refractivity contribution in [3.8, 4) is 5.75 Å². The molecule has 0 saturated heterocycles. The minimum absolute atomic E-state index is 0.127. The van der Waals surface area contributed by atoms with Gasteiger partial charge in [-0.25, -0.2) is 0 Å². The maximum Gasteiger partial charge on any atom is 0.244 e. The molecule has 2 rings (SSSR count). The van der Waals surface area contributed by atoms with Gasteiger partial charge in [0.25, 0.3) is 0 Å². The molecule has 142 valence electrons. The molecule has 1 atom stereocenters. The van der Waals surface area contributed by atoms with Crippen LogP contribution < -0.4 is 15.5 Å². The van der Waals surface area contributed by atoms with Crippen LogP contribution in [0.15, 0.2) is 60.7 Å². The summed E-state index contributed by atoms with van der Waals surface area (Å²) < 4.78 is 5.80. The Morgan fingerprint density at radius 3 is 2.41 bits per heavy atom. The minimum Gasteiger partial charge on any atom is -0.491 e. The van der Waals surface area contributed by atoms with E-state index in [0.717, 1.165) is 5.56 Å². The number of rotatable bonds is 8. The van der Waals surface area contributed by atoms with Gasteiger partial charge in [0.15, 0.2) is 0 Å². The molecule has 1 amide bonds. The topological polar surface area (TPSA) is 70.6 Å². The van der Waals surface area contributed by atoms with Gasteiger partial charge in [0, 0.05) is 11.6 Å². The standard InChI is InChI=1S/C21H24N2O3S/c1-15(2)19(22-20(24)13-8-16-6-4-3-5-7-16)14-26-18-11-9-17(10-12-18)21(27)23-25/h3-13,15,19,25H,14H2,1-2H3,(H,22,24)(H,23,27)/b13-8+/t19-/m1/s1. The predicted molar refractivity (Wildman–Crippen MR) is 111 cm³/mol. The van der Waals surface area contributed by atoms with E-state index in [0.29, 0.717) is 17.9 Å². The highest BCUT2D eigenvalue weighted by atomic mass is 32.1.